The predicted octanol–water partition coefficient (Wildman–Crippen LogP) is 3.58. The van der Waals surface area contributed by atoms with Crippen LogP contribution < -0.4 is 16.6 Å². The van der Waals surface area contributed by atoms with Gasteiger partial charge in [-0.05, 0) is 38.3 Å². The monoisotopic (exact) mass is 477 g/mol. The Labute approximate surface area is 198 Å². The maximum absolute atomic E-state index is 13.6. The molecule has 172 valence electrons. The number of nitrogens with two attached hydrogens (primary N) is 1. The first-order valence-corrected chi connectivity index (χ1v) is 10.8. The molecule has 1 atom stereocenters. The third-order valence-electron chi connectivity index (χ3n) is 5.36. The second-order valence-corrected chi connectivity index (χ2v) is 8.23. The van der Waals surface area contributed by atoms with E-state index >= 15 is 0 Å². The van der Waals surface area contributed by atoms with E-state index < -0.39 is 6.04 Å². The number of nitrogens with zero attached hydrogens (tertiary/aromatic N) is 6. The van der Waals surface area contributed by atoms with Crippen LogP contribution in [0.15, 0.2) is 46.0 Å². The lowest BCUT2D eigenvalue weighted by Crippen LogP contribution is -2.26. The minimum absolute atomic E-state index is 0.180. The summed E-state index contributed by atoms with van der Waals surface area (Å²) in [6.45, 7) is 5.45. The SMILES string of the molecule is Cc1noc(-c2c(N)ncnc2NC(C)c2cc3cccc(Cl)c3c(=O)n2-c2cc(C)[nH]n2)n1. The van der Waals surface area contributed by atoms with E-state index in [9.17, 15) is 4.79 Å². The van der Waals surface area contributed by atoms with Crippen LogP contribution in [0.3, 0.4) is 0 Å². The van der Waals surface area contributed by atoms with Crippen LogP contribution >= 0.6 is 11.6 Å². The fourth-order valence-electron chi connectivity index (χ4n) is 3.81. The summed E-state index contributed by atoms with van der Waals surface area (Å²) in [6.07, 6.45) is 1.33. The number of aromatic nitrogens is 7. The van der Waals surface area contributed by atoms with Gasteiger partial charge in [0.15, 0.2) is 11.6 Å². The summed E-state index contributed by atoms with van der Waals surface area (Å²) in [7, 11) is 0. The molecule has 5 rings (SSSR count). The lowest BCUT2D eigenvalue weighted by atomic mass is 10.1. The van der Waals surface area contributed by atoms with Gasteiger partial charge in [0.05, 0.1) is 22.1 Å². The third-order valence-corrected chi connectivity index (χ3v) is 5.68. The maximum atomic E-state index is 13.6. The highest BCUT2D eigenvalue weighted by molar-refractivity contribution is 6.35. The van der Waals surface area contributed by atoms with Crippen LogP contribution in [0.4, 0.5) is 11.6 Å². The molecule has 4 heterocycles. The molecule has 12 heteroatoms. The van der Waals surface area contributed by atoms with E-state index in [4.69, 9.17) is 21.9 Å². The zero-order valence-corrected chi connectivity index (χ0v) is 19.3. The van der Waals surface area contributed by atoms with Gasteiger partial charge in [-0.3, -0.25) is 14.5 Å². The Hall–Kier alpha value is -4.25. The van der Waals surface area contributed by atoms with Crippen molar-refractivity contribution in [2.45, 2.75) is 26.8 Å². The van der Waals surface area contributed by atoms with E-state index in [2.05, 4.69) is 35.6 Å². The normalized spacial score (nSPS) is 12.2. The lowest BCUT2D eigenvalue weighted by Gasteiger charge is -2.21. The standard InChI is InChI=1S/C22H20ClN9O2/c1-10-7-16(30-29-10)32-15(8-13-5-4-6-14(23)17(13)22(32)33)11(2)27-20-18(19(24)25-9-26-20)21-28-12(3)31-34-21/h4-9,11H,1-3H3,(H,29,30)(H3,24,25,26,27). The van der Waals surface area contributed by atoms with Crippen LogP contribution in [0.1, 0.15) is 30.2 Å². The first-order chi connectivity index (χ1) is 16.3. The molecule has 0 aliphatic carbocycles. The van der Waals surface area contributed by atoms with Gasteiger partial charge >= 0.3 is 0 Å². The van der Waals surface area contributed by atoms with Crippen molar-refractivity contribution in [2.75, 3.05) is 11.1 Å². The van der Waals surface area contributed by atoms with Crippen LogP contribution in [0.5, 0.6) is 0 Å². The van der Waals surface area contributed by atoms with Crippen molar-refractivity contribution in [3.8, 4) is 17.3 Å². The molecule has 0 saturated heterocycles. The predicted molar refractivity (Wildman–Crippen MR) is 128 cm³/mol. The average molecular weight is 478 g/mol. The first-order valence-electron chi connectivity index (χ1n) is 10.4. The van der Waals surface area contributed by atoms with Crippen LogP contribution in [-0.4, -0.2) is 34.9 Å². The summed E-state index contributed by atoms with van der Waals surface area (Å²) in [6, 6.07) is 8.59. The van der Waals surface area contributed by atoms with Gasteiger partial charge in [0, 0.05) is 11.8 Å². The Morgan fingerprint density at radius 2 is 2.06 bits per heavy atom. The Kier molecular flexibility index (Phi) is 5.25. The van der Waals surface area contributed by atoms with E-state index in [1.165, 1.54) is 10.9 Å². The summed E-state index contributed by atoms with van der Waals surface area (Å²) in [5, 5.41) is 15.8. The highest BCUT2D eigenvalue weighted by atomic mass is 35.5. The summed E-state index contributed by atoms with van der Waals surface area (Å²) in [4.78, 5) is 26.2. The first kappa shape index (κ1) is 21.6. The minimum Gasteiger partial charge on any atom is -0.383 e. The van der Waals surface area contributed by atoms with Gasteiger partial charge in [-0.2, -0.15) is 10.1 Å². The Balaban J connectivity index is 1.67. The Morgan fingerprint density at radius 3 is 2.76 bits per heavy atom. The van der Waals surface area contributed by atoms with E-state index in [0.717, 1.165) is 5.69 Å². The quantitative estimate of drug-likeness (QED) is 0.344. The van der Waals surface area contributed by atoms with E-state index in [1.807, 2.05) is 26.0 Å². The Morgan fingerprint density at radius 1 is 1.24 bits per heavy atom. The molecular weight excluding hydrogens is 458 g/mol. The van der Waals surface area contributed by atoms with Crippen molar-refractivity contribution in [1.82, 2.24) is 34.9 Å². The summed E-state index contributed by atoms with van der Waals surface area (Å²) in [5.41, 5.74) is 7.65. The number of hydrogen-bond acceptors (Lipinski definition) is 9. The number of aryl methyl sites for hydroxylation is 2. The van der Waals surface area contributed by atoms with Crippen molar-refractivity contribution in [3.63, 3.8) is 0 Å². The Bertz CT molecular complexity index is 1590. The molecule has 0 spiro atoms. The summed E-state index contributed by atoms with van der Waals surface area (Å²) < 4.78 is 6.82. The molecule has 0 fully saturated rings. The van der Waals surface area contributed by atoms with Gasteiger partial charge < -0.3 is 15.6 Å². The molecule has 0 aliphatic heterocycles. The number of anilines is 2. The highest BCUT2D eigenvalue weighted by Crippen LogP contribution is 2.32. The number of pyridine rings is 1. The average Bonchev–Trinajstić information content (AvgIpc) is 3.41. The molecule has 1 unspecified atom stereocenters. The zero-order valence-electron chi connectivity index (χ0n) is 18.5. The van der Waals surface area contributed by atoms with Crippen molar-refractivity contribution >= 4 is 34.0 Å². The molecule has 4 aromatic heterocycles. The van der Waals surface area contributed by atoms with Crippen molar-refractivity contribution < 1.29 is 4.52 Å². The van der Waals surface area contributed by atoms with Gasteiger partial charge in [0.1, 0.15) is 23.5 Å². The molecule has 0 aliphatic rings. The van der Waals surface area contributed by atoms with Crippen LogP contribution in [0.25, 0.3) is 28.0 Å². The molecule has 34 heavy (non-hydrogen) atoms. The third kappa shape index (κ3) is 3.65. The van der Waals surface area contributed by atoms with E-state index in [1.54, 1.807) is 25.1 Å². The summed E-state index contributed by atoms with van der Waals surface area (Å²) >= 11 is 6.39. The number of H-pyrrole nitrogens is 1. The minimum atomic E-state index is -0.426. The molecule has 0 bridgehead atoms. The summed E-state index contributed by atoms with van der Waals surface area (Å²) in [5.74, 6) is 1.65. The van der Waals surface area contributed by atoms with Crippen LogP contribution in [-0.2, 0) is 0 Å². The van der Waals surface area contributed by atoms with Gasteiger partial charge in [-0.25, -0.2) is 9.97 Å². The van der Waals surface area contributed by atoms with Crippen LogP contribution in [0, 0.1) is 13.8 Å². The number of halogens is 1. The smallest absolute Gasteiger partial charge is 0.266 e. The van der Waals surface area contributed by atoms with Crippen molar-refractivity contribution in [3.05, 3.63) is 69.2 Å². The largest absolute Gasteiger partial charge is 0.383 e. The van der Waals surface area contributed by atoms with Gasteiger partial charge in [-0.1, -0.05) is 28.9 Å². The number of benzene rings is 1. The number of nitrogens with one attached hydrogen (secondary N) is 2. The molecule has 0 amide bonds. The molecule has 1 aromatic carbocycles. The number of aromatic amines is 1. The fourth-order valence-corrected chi connectivity index (χ4v) is 4.07. The number of nitrogen functional groups attached to an aromatic ring is 1. The molecule has 11 nitrogen and oxygen atoms in total. The van der Waals surface area contributed by atoms with Crippen molar-refractivity contribution in [1.29, 1.82) is 0 Å². The van der Waals surface area contributed by atoms with Gasteiger partial charge in [0.2, 0.25) is 0 Å². The van der Waals surface area contributed by atoms with Crippen molar-refractivity contribution in [2.24, 2.45) is 0 Å². The molecule has 4 N–H and O–H groups in total. The zero-order chi connectivity index (χ0) is 24.0. The number of fused-ring (bicyclic) bond motifs is 1. The van der Waals surface area contributed by atoms with Gasteiger partial charge in [-0.15, -0.1) is 0 Å². The number of hydrogen-bond donors (Lipinski definition) is 3. The maximum Gasteiger partial charge on any atom is 0.266 e. The number of rotatable bonds is 5. The molecule has 5 aromatic rings. The topological polar surface area (TPSA) is 153 Å². The second kappa shape index (κ2) is 8.27. The fraction of sp³-hybridized carbons (Fsp3) is 0.182. The van der Waals surface area contributed by atoms with Gasteiger partial charge in [0.25, 0.3) is 11.4 Å². The van der Waals surface area contributed by atoms with E-state index in [0.29, 0.717) is 44.5 Å². The molecule has 0 radical (unpaired) electrons. The molecular formula is C22H20ClN9O2. The molecule has 0 saturated carbocycles. The highest BCUT2D eigenvalue weighted by Gasteiger charge is 2.23. The van der Waals surface area contributed by atoms with E-state index in [-0.39, 0.29) is 17.3 Å². The lowest BCUT2D eigenvalue weighted by molar-refractivity contribution is 0.425. The van der Waals surface area contributed by atoms with Crippen LogP contribution in [0.2, 0.25) is 5.02 Å². The second-order valence-electron chi connectivity index (χ2n) is 7.82.